The summed E-state index contributed by atoms with van der Waals surface area (Å²) in [6, 6.07) is 5.66. The summed E-state index contributed by atoms with van der Waals surface area (Å²) in [4.78, 5) is 10.6. The highest BCUT2D eigenvalue weighted by Gasteiger charge is 2.06. The third-order valence-corrected chi connectivity index (χ3v) is 2.42. The van der Waals surface area contributed by atoms with Crippen LogP contribution in [0.2, 0.25) is 0 Å². The minimum absolute atomic E-state index is 0.697. The molecule has 0 amide bonds. The molecule has 0 aliphatic heterocycles. The van der Waals surface area contributed by atoms with Crippen LogP contribution in [0.1, 0.15) is 36.8 Å². The van der Waals surface area contributed by atoms with Gasteiger partial charge in [-0.15, -0.1) is 0 Å². The Kier molecular flexibility index (Phi) is 4.23. The summed E-state index contributed by atoms with van der Waals surface area (Å²) in [6.07, 6.45) is 1.77. The first-order chi connectivity index (χ1) is 7.76. The van der Waals surface area contributed by atoms with Crippen LogP contribution >= 0.6 is 0 Å². The van der Waals surface area contributed by atoms with Gasteiger partial charge in [-0.05, 0) is 12.5 Å². The number of aryl methyl sites for hydroxylation is 2. The minimum Gasteiger partial charge on any atom is -0.298 e. The SMILES string of the molecule is CC.CCc1nn(C)c2cc(C=O)ccc12. The Balaban J connectivity index is 0.000000606. The van der Waals surface area contributed by atoms with E-state index in [-0.39, 0.29) is 0 Å². The van der Waals surface area contributed by atoms with Crippen LogP contribution in [0, 0.1) is 0 Å². The van der Waals surface area contributed by atoms with Crippen LogP contribution in [0.3, 0.4) is 0 Å². The van der Waals surface area contributed by atoms with Crippen LogP contribution in [0.25, 0.3) is 10.9 Å². The van der Waals surface area contributed by atoms with Gasteiger partial charge in [0.1, 0.15) is 6.29 Å². The van der Waals surface area contributed by atoms with E-state index in [1.54, 1.807) is 0 Å². The average molecular weight is 218 g/mol. The molecule has 1 heterocycles. The summed E-state index contributed by atoms with van der Waals surface area (Å²) in [6.45, 7) is 6.08. The van der Waals surface area contributed by atoms with Crippen LogP contribution < -0.4 is 0 Å². The lowest BCUT2D eigenvalue weighted by atomic mass is 10.1. The number of hydrogen-bond donors (Lipinski definition) is 0. The van der Waals surface area contributed by atoms with Gasteiger partial charge in [0.25, 0.3) is 0 Å². The molecule has 3 nitrogen and oxygen atoms in total. The smallest absolute Gasteiger partial charge is 0.150 e. The van der Waals surface area contributed by atoms with Crippen molar-refractivity contribution in [3.63, 3.8) is 0 Å². The van der Waals surface area contributed by atoms with Crippen molar-refractivity contribution < 1.29 is 4.79 Å². The van der Waals surface area contributed by atoms with E-state index in [1.165, 1.54) is 0 Å². The number of rotatable bonds is 2. The van der Waals surface area contributed by atoms with Crippen molar-refractivity contribution in [1.82, 2.24) is 9.78 Å². The quantitative estimate of drug-likeness (QED) is 0.726. The van der Waals surface area contributed by atoms with E-state index in [0.29, 0.717) is 5.56 Å². The lowest BCUT2D eigenvalue weighted by molar-refractivity contribution is 0.112. The van der Waals surface area contributed by atoms with Gasteiger partial charge in [0, 0.05) is 18.0 Å². The van der Waals surface area contributed by atoms with Crippen molar-refractivity contribution in [2.24, 2.45) is 7.05 Å². The molecule has 0 bridgehead atoms. The molecule has 86 valence electrons. The molecular weight excluding hydrogens is 200 g/mol. The maximum Gasteiger partial charge on any atom is 0.150 e. The first kappa shape index (κ1) is 12.4. The molecule has 0 unspecified atom stereocenters. The number of aromatic nitrogens is 2. The van der Waals surface area contributed by atoms with Crippen molar-refractivity contribution in [1.29, 1.82) is 0 Å². The monoisotopic (exact) mass is 218 g/mol. The Bertz CT molecular complexity index is 486. The van der Waals surface area contributed by atoms with Crippen molar-refractivity contribution in [2.75, 3.05) is 0 Å². The molecule has 3 heteroatoms. The first-order valence-corrected chi connectivity index (χ1v) is 5.67. The van der Waals surface area contributed by atoms with Gasteiger partial charge in [-0.1, -0.05) is 32.9 Å². The summed E-state index contributed by atoms with van der Waals surface area (Å²) in [5.41, 5.74) is 2.80. The van der Waals surface area contributed by atoms with Crippen LogP contribution in [0.15, 0.2) is 18.2 Å². The Morgan fingerprint density at radius 3 is 2.62 bits per heavy atom. The average Bonchev–Trinajstić information content (AvgIpc) is 2.68. The van der Waals surface area contributed by atoms with Gasteiger partial charge in [0.15, 0.2) is 0 Å². The van der Waals surface area contributed by atoms with E-state index >= 15 is 0 Å². The lowest BCUT2D eigenvalue weighted by Crippen LogP contribution is -1.91. The van der Waals surface area contributed by atoms with Gasteiger partial charge >= 0.3 is 0 Å². The second kappa shape index (κ2) is 5.45. The molecule has 0 spiro atoms. The molecule has 2 rings (SSSR count). The fourth-order valence-corrected chi connectivity index (χ4v) is 1.68. The third-order valence-electron chi connectivity index (χ3n) is 2.42. The molecule has 0 N–H and O–H groups in total. The van der Waals surface area contributed by atoms with E-state index in [2.05, 4.69) is 12.0 Å². The van der Waals surface area contributed by atoms with Gasteiger partial charge in [-0.2, -0.15) is 5.10 Å². The van der Waals surface area contributed by atoms with Crippen molar-refractivity contribution in [3.05, 3.63) is 29.5 Å². The van der Waals surface area contributed by atoms with Crippen LogP contribution in [-0.4, -0.2) is 16.1 Å². The Labute approximate surface area is 96.1 Å². The molecule has 0 aliphatic rings. The first-order valence-electron chi connectivity index (χ1n) is 5.67. The van der Waals surface area contributed by atoms with Gasteiger partial charge in [-0.25, -0.2) is 0 Å². The van der Waals surface area contributed by atoms with Gasteiger partial charge < -0.3 is 0 Å². The van der Waals surface area contributed by atoms with E-state index in [1.807, 2.05) is 43.8 Å². The largest absolute Gasteiger partial charge is 0.298 e. The fraction of sp³-hybridized carbons (Fsp3) is 0.385. The van der Waals surface area contributed by atoms with Gasteiger partial charge in [-0.3, -0.25) is 9.48 Å². The summed E-state index contributed by atoms with van der Waals surface area (Å²) in [5, 5.41) is 5.52. The molecule has 0 aliphatic carbocycles. The van der Waals surface area contributed by atoms with Crippen molar-refractivity contribution >= 4 is 17.2 Å². The number of nitrogens with zero attached hydrogens (tertiary/aromatic N) is 2. The van der Waals surface area contributed by atoms with Crippen LogP contribution in [0.4, 0.5) is 0 Å². The number of carbonyl (C=O) groups is 1. The molecule has 0 saturated heterocycles. The Hall–Kier alpha value is -1.64. The molecule has 0 fully saturated rings. The molecule has 16 heavy (non-hydrogen) atoms. The fourth-order valence-electron chi connectivity index (χ4n) is 1.68. The van der Waals surface area contributed by atoms with Crippen molar-refractivity contribution in [2.45, 2.75) is 27.2 Å². The topological polar surface area (TPSA) is 34.9 Å². The predicted octanol–water partition coefficient (Wildman–Crippen LogP) is 2.97. The molecule has 1 aromatic carbocycles. The van der Waals surface area contributed by atoms with Crippen molar-refractivity contribution in [3.8, 4) is 0 Å². The molecule has 1 aromatic heterocycles. The summed E-state index contributed by atoms with van der Waals surface area (Å²) < 4.78 is 1.82. The summed E-state index contributed by atoms with van der Waals surface area (Å²) >= 11 is 0. The number of aldehydes is 1. The predicted molar refractivity (Wildman–Crippen MR) is 66.8 cm³/mol. The van der Waals surface area contributed by atoms with Gasteiger partial charge in [0.2, 0.25) is 0 Å². The maximum absolute atomic E-state index is 10.6. The van der Waals surface area contributed by atoms with E-state index in [0.717, 1.165) is 29.3 Å². The number of hydrogen-bond acceptors (Lipinski definition) is 2. The zero-order valence-electron chi connectivity index (χ0n) is 10.3. The molecule has 0 radical (unpaired) electrons. The second-order valence-corrected chi connectivity index (χ2v) is 3.32. The molecule has 0 saturated carbocycles. The van der Waals surface area contributed by atoms with Crippen LogP contribution in [-0.2, 0) is 13.5 Å². The normalized spacial score (nSPS) is 9.75. The molecular formula is C13H18N2O. The third kappa shape index (κ3) is 2.13. The standard InChI is InChI=1S/C11H12N2O.C2H6/c1-3-10-9-5-4-8(7-14)6-11(9)13(2)12-10;1-2/h4-7H,3H2,1-2H3;1-2H3. The highest BCUT2D eigenvalue weighted by Crippen LogP contribution is 2.19. The highest BCUT2D eigenvalue weighted by molar-refractivity contribution is 5.88. The highest BCUT2D eigenvalue weighted by atomic mass is 16.1. The molecule has 2 aromatic rings. The second-order valence-electron chi connectivity index (χ2n) is 3.32. The van der Waals surface area contributed by atoms with E-state index in [4.69, 9.17) is 0 Å². The van der Waals surface area contributed by atoms with E-state index < -0.39 is 0 Å². The van der Waals surface area contributed by atoms with Gasteiger partial charge in [0.05, 0.1) is 11.2 Å². The Morgan fingerprint density at radius 1 is 1.38 bits per heavy atom. The summed E-state index contributed by atoms with van der Waals surface area (Å²) in [5.74, 6) is 0. The Morgan fingerprint density at radius 2 is 2.06 bits per heavy atom. The van der Waals surface area contributed by atoms with E-state index in [9.17, 15) is 4.79 Å². The lowest BCUT2D eigenvalue weighted by Gasteiger charge is -1.94. The number of carbonyl (C=O) groups excluding carboxylic acids is 1. The van der Waals surface area contributed by atoms with Crippen LogP contribution in [0.5, 0.6) is 0 Å². The molecule has 0 atom stereocenters. The zero-order chi connectivity index (χ0) is 12.1. The zero-order valence-corrected chi connectivity index (χ0v) is 10.3. The number of benzene rings is 1. The minimum atomic E-state index is 0.697. The maximum atomic E-state index is 10.6. The summed E-state index contributed by atoms with van der Waals surface area (Å²) in [7, 11) is 1.90. The number of fused-ring (bicyclic) bond motifs is 1.